The number of amides is 3. The molecule has 2 heterocycles. The summed E-state index contributed by atoms with van der Waals surface area (Å²) in [6, 6.07) is 1.37. The molecule has 16 heteroatoms. The molecular weight excluding hydrogens is 554 g/mol. The number of carboxylic acids is 3. The lowest BCUT2D eigenvalue weighted by molar-refractivity contribution is -0.143. The quantitative estimate of drug-likeness (QED) is 0.0971. The van der Waals surface area contributed by atoms with Gasteiger partial charge in [0.2, 0.25) is 17.7 Å². The van der Waals surface area contributed by atoms with Gasteiger partial charge in [0.05, 0.1) is 18.8 Å². The smallest absolute Gasteiger partial charge is 0.326 e. The van der Waals surface area contributed by atoms with Gasteiger partial charge in [0.1, 0.15) is 18.1 Å². The minimum absolute atomic E-state index is 0.105. The van der Waals surface area contributed by atoms with Crippen molar-refractivity contribution in [2.24, 2.45) is 5.73 Å². The fourth-order valence-electron chi connectivity index (χ4n) is 4.19. The Morgan fingerprint density at radius 2 is 1.50 bits per heavy atom. The summed E-state index contributed by atoms with van der Waals surface area (Å²) in [7, 11) is 0. The molecule has 0 aliphatic carbocycles. The number of imidazole rings is 1. The Hall–Kier alpha value is -5.25. The van der Waals surface area contributed by atoms with Crippen LogP contribution in [-0.4, -0.2) is 90.1 Å². The van der Waals surface area contributed by atoms with Crippen molar-refractivity contribution in [1.29, 1.82) is 0 Å². The second kappa shape index (κ2) is 14.4. The summed E-state index contributed by atoms with van der Waals surface area (Å²) in [4.78, 5) is 82.9. The Bertz CT molecular complexity index is 1440. The minimum atomic E-state index is -1.49. The lowest BCUT2D eigenvalue weighted by Gasteiger charge is -2.25. The number of nitrogens with one attached hydrogen (secondary N) is 5. The number of nitrogens with two attached hydrogens (primary N) is 1. The maximum Gasteiger partial charge on any atom is 0.326 e. The fourth-order valence-corrected chi connectivity index (χ4v) is 4.19. The molecule has 3 amide bonds. The predicted molar refractivity (Wildman–Crippen MR) is 145 cm³/mol. The van der Waals surface area contributed by atoms with E-state index >= 15 is 0 Å². The molecule has 0 aliphatic heterocycles. The largest absolute Gasteiger partial charge is 0.481 e. The lowest BCUT2D eigenvalue weighted by atomic mass is 10.0. The number of hydrogen-bond acceptors (Lipinski definition) is 8. The molecule has 10 N–H and O–H groups in total. The van der Waals surface area contributed by atoms with E-state index in [2.05, 4.69) is 30.9 Å². The van der Waals surface area contributed by atoms with Gasteiger partial charge in [0.25, 0.3) is 0 Å². The molecule has 16 nitrogen and oxygen atoms in total. The van der Waals surface area contributed by atoms with Crippen molar-refractivity contribution in [2.45, 2.75) is 56.3 Å². The molecular formula is C26H31N7O9. The first kappa shape index (κ1) is 31.3. The number of aromatic amines is 2. The molecule has 0 fully saturated rings. The lowest BCUT2D eigenvalue weighted by Crippen LogP contribution is -2.58. The number of para-hydroxylation sites is 1. The van der Waals surface area contributed by atoms with Crippen molar-refractivity contribution in [3.8, 4) is 0 Å². The number of H-pyrrole nitrogens is 2. The Morgan fingerprint density at radius 1 is 0.833 bits per heavy atom. The monoisotopic (exact) mass is 585 g/mol. The van der Waals surface area contributed by atoms with Crippen LogP contribution in [0.1, 0.15) is 30.5 Å². The van der Waals surface area contributed by atoms with Crippen LogP contribution in [0, 0.1) is 0 Å². The van der Waals surface area contributed by atoms with E-state index in [1.54, 1.807) is 30.5 Å². The molecule has 3 rings (SSSR count). The number of carboxylic acid groups (broad SMARTS) is 3. The van der Waals surface area contributed by atoms with Gasteiger partial charge in [-0.05, 0) is 18.1 Å². The zero-order valence-corrected chi connectivity index (χ0v) is 22.2. The Balaban J connectivity index is 1.83. The van der Waals surface area contributed by atoms with Crippen molar-refractivity contribution in [2.75, 3.05) is 0 Å². The van der Waals surface area contributed by atoms with Crippen LogP contribution in [-0.2, 0) is 41.6 Å². The van der Waals surface area contributed by atoms with Crippen LogP contribution in [0.5, 0.6) is 0 Å². The Kier molecular flexibility index (Phi) is 10.7. The van der Waals surface area contributed by atoms with E-state index in [1.807, 2.05) is 0 Å². The van der Waals surface area contributed by atoms with Gasteiger partial charge in [0, 0.05) is 48.3 Å². The number of aromatic nitrogens is 3. The van der Waals surface area contributed by atoms with Gasteiger partial charge in [-0.15, -0.1) is 0 Å². The van der Waals surface area contributed by atoms with E-state index in [1.165, 1.54) is 12.5 Å². The molecule has 2 aromatic heterocycles. The normalized spacial score (nSPS) is 13.8. The van der Waals surface area contributed by atoms with E-state index in [0.717, 1.165) is 10.9 Å². The Labute approximate surface area is 238 Å². The van der Waals surface area contributed by atoms with Crippen molar-refractivity contribution in [3.63, 3.8) is 0 Å². The molecule has 4 atom stereocenters. The van der Waals surface area contributed by atoms with Gasteiger partial charge in [-0.2, -0.15) is 0 Å². The standard InChI is InChI=1S/C26H31N7O9/c27-16(9-22(36)37)23(38)32-19(7-13-10-29-17-4-2-1-3-15(13)17)25(40)31-18(5-6-21(34)35)24(39)33-20(26(41)42)8-14-11-28-12-30-14/h1-4,10-12,16,18-20,29H,5-9,27H2,(H,28,30)(H,31,40)(H,32,38)(H,33,39)(H,34,35)(H,36,37)(H,41,42). The summed E-state index contributed by atoms with van der Waals surface area (Å²) < 4.78 is 0. The number of carbonyl (C=O) groups is 6. The third-order valence-corrected chi connectivity index (χ3v) is 6.34. The number of fused-ring (bicyclic) bond motifs is 1. The molecule has 224 valence electrons. The van der Waals surface area contributed by atoms with E-state index in [9.17, 15) is 39.0 Å². The van der Waals surface area contributed by atoms with Crippen LogP contribution in [0.4, 0.5) is 0 Å². The average Bonchev–Trinajstić information content (AvgIpc) is 3.59. The van der Waals surface area contributed by atoms with Crippen LogP contribution in [0.2, 0.25) is 0 Å². The number of nitrogens with zero attached hydrogens (tertiary/aromatic N) is 1. The van der Waals surface area contributed by atoms with E-state index < -0.39 is 79.1 Å². The molecule has 0 aliphatic rings. The average molecular weight is 586 g/mol. The molecule has 0 saturated carbocycles. The second-order valence-electron chi connectivity index (χ2n) is 9.50. The van der Waals surface area contributed by atoms with Gasteiger partial charge in [-0.25, -0.2) is 9.78 Å². The van der Waals surface area contributed by atoms with Gasteiger partial charge in [0.15, 0.2) is 0 Å². The van der Waals surface area contributed by atoms with E-state index in [-0.39, 0.29) is 12.8 Å². The van der Waals surface area contributed by atoms with Gasteiger partial charge in [-0.1, -0.05) is 18.2 Å². The highest BCUT2D eigenvalue weighted by Crippen LogP contribution is 2.19. The van der Waals surface area contributed by atoms with Crippen molar-refractivity contribution >= 4 is 46.5 Å². The zero-order valence-electron chi connectivity index (χ0n) is 22.2. The molecule has 42 heavy (non-hydrogen) atoms. The third-order valence-electron chi connectivity index (χ3n) is 6.34. The molecule has 4 unspecified atom stereocenters. The summed E-state index contributed by atoms with van der Waals surface area (Å²) in [6.45, 7) is 0. The first-order valence-electron chi connectivity index (χ1n) is 12.8. The maximum atomic E-state index is 13.5. The zero-order chi connectivity index (χ0) is 30.8. The summed E-state index contributed by atoms with van der Waals surface area (Å²) in [5, 5.41) is 35.6. The second-order valence-corrected chi connectivity index (χ2v) is 9.50. The van der Waals surface area contributed by atoms with E-state index in [4.69, 9.17) is 10.8 Å². The molecule has 0 bridgehead atoms. The van der Waals surface area contributed by atoms with E-state index in [0.29, 0.717) is 11.3 Å². The molecule has 1 aromatic carbocycles. The molecule has 0 spiro atoms. The van der Waals surface area contributed by atoms with Gasteiger partial charge >= 0.3 is 17.9 Å². The van der Waals surface area contributed by atoms with Crippen LogP contribution >= 0.6 is 0 Å². The maximum absolute atomic E-state index is 13.5. The van der Waals surface area contributed by atoms with Crippen LogP contribution in [0.15, 0.2) is 43.0 Å². The van der Waals surface area contributed by atoms with Crippen molar-refractivity contribution in [1.82, 2.24) is 30.9 Å². The number of carbonyl (C=O) groups excluding carboxylic acids is 3. The minimum Gasteiger partial charge on any atom is -0.481 e. The first-order valence-corrected chi connectivity index (χ1v) is 12.8. The van der Waals surface area contributed by atoms with Crippen LogP contribution < -0.4 is 21.7 Å². The SMILES string of the molecule is NC(CC(=O)O)C(=O)NC(Cc1c[nH]c2ccccc12)C(=O)NC(CCC(=O)O)C(=O)NC(Cc1cnc[nH]1)C(=O)O. The van der Waals surface area contributed by atoms with Crippen LogP contribution in [0.3, 0.4) is 0 Å². The highest BCUT2D eigenvalue weighted by Gasteiger charge is 2.31. The summed E-state index contributed by atoms with van der Waals surface area (Å²) in [5.74, 6) is -6.77. The van der Waals surface area contributed by atoms with Crippen molar-refractivity contribution < 1.29 is 44.1 Å². The molecule has 3 aromatic rings. The summed E-state index contributed by atoms with van der Waals surface area (Å²) >= 11 is 0. The summed E-state index contributed by atoms with van der Waals surface area (Å²) in [6.07, 6.45) is 2.41. The van der Waals surface area contributed by atoms with Crippen LogP contribution in [0.25, 0.3) is 10.9 Å². The van der Waals surface area contributed by atoms with Gasteiger partial charge < -0.3 is 47.0 Å². The molecule has 0 saturated heterocycles. The van der Waals surface area contributed by atoms with Crippen molar-refractivity contribution in [3.05, 3.63) is 54.2 Å². The molecule has 0 radical (unpaired) electrons. The number of rotatable bonds is 16. The summed E-state index contributed by atoms with van der Waals surface area (Å²) in [5.41, 5.74) is 7.44. The highest BCUT2D eigenvalue weighted by molar-refractivity contribution is 5.95. The topological polar surface area (TPSA) is 270 Å². The third kappa shape index (κ3) is 8.88. The van der Waals surface area contributed by atoms with Gasteiger partial charge in [-0.3, -0.25) is 24.0 Å². The fraction of sp³-hybridized carbons (Fsp3) is 0.346. The number of aliphatic carboxylic acids is 3. The Morgan fingerprint density at radius 3 is 2.14 bits per heavy atom. The first-order chi connectivity index (χ1) is 19.9. The number of hydrogen-bond donors (Lipinski definition) is 9. The number of benzene rings is 1. The predicted octanol–water partition coefficient (Wildman–Crippen LogP) is -1.12. The highest BCUT2D eigenvalue weighted by atomic mass is 16.4.